The number of nitrogens with zero attached hydrogens (tertiary/aromatic N) is 4. The first kappa shape index (κ1) is 10.6. The summed E-state index contributed by atoms with van der Waals surface area (Å²) in [6, 6.07) is 6.16. The fourth-order valence-corrected chi connectivity index (χ4v) is 1.56. The van der Waals surface area contributed by atoms with Crippen LogP contribution >= 0.6 is 0 Å². The highest BCUT2D eigenvalue weighted by Gasteiger charge is 2.02. The van der Waals surface area contributed by atoms with E-state index in [0.29, 0.717) is 0 Å². The number of tetrazole rings is 1. The monoisotopic (exact) mass is 217 g/mol. The molecule has 0 aliphatic heterocycles. The molecule has 5 nitrogen and oxygen atoms in total. The van der Waals surface area contributed by atoms with Crippen LogP contribution in [0.1, 0.15) is 18.9 Å². The Hall–Kier alpha value is -1.91. The molecular weight excluding hydrogens is 202 g/mol. The smallest absolute Gasteiger partial charge is 0.143 e. The first-order valence-electron chi connectivity index (χ1n) is 5.39. The quantitative estimate of drug-likeness (QED) is 0.848. The number of nitrogens with one attached hydrogen (secondary N) is 1. The number of anilines is 1. The van der Waals surface area contributed by atoms with Gasteiger partial charge in [0.2, 0.25) is 0 Å². The summed E-state index contributed by atoms with van der Waals surface area (Å²) >= 11 is 0. The molecule has 0 aliphatic carbocycles. The van der Waals surface area contributed by atoms with Crippen molar-refractivity contribution in [1.82, 2.24) is 20.2 Å². The lowest BCUT2D eigenvalue weighted by molar-refractivity contribution is 0.785. The molecule has 0 saturated heterocycles. The number of aryl methyl sites for hydroxylation is 1. The van der Waals surface area contributed by atoms with Gasteiger partial charge < -0.3 is 5.32 Å². The molecule has 1 aromatic heterocycles. The molecule has 84 valence electrons. The van der Waals surface area contributed by atoms with Gasteiger partial charge >= 0.3 is 0 Å². The number of benzene rings is 1. The fourth-order valence-electron chi connectivity index (χ4n) is 1.56. The SMILES string of the molecule is CCCNc1ccc(-n2cnnn2)c(C)c1. The minimum Gasteiger partial charge on any atom is -0.385 e. The first-order valence-corrected chi connectivity index (χ1v) is 5.39. The number of hydrogen-bond acceptors (Lipinski definition) is 4. The van der Waals surface area contributed by atoms with E-state index in [1.165, 1.54) is 0 Å². The van der Waals surface area contributed by atoms with E-state index in [-0.39, 0.29) is 0 Å². The Labute approximate surface area is 94.5 Å². The second kappa shape index (κ2) is 4.74. The molecule has 0 unspecified atom stereocenters. The molecule has 1 N–H and O–H groups in total. The average Bonchev–Trinajstić information content (AvgIpc) is 2.80. The van der Waals surface area contributed by atoms with Gasteiger partial charge in [-0.05, 0) is 47.5 Å². The van der Waals surface area contributed by atoms with Crippen LogP contribution in [0.2, 0.25) is 0 Å². The molecular formula is C11H15N5. The fraction of sp³-hybridized carbons (Fsp3) is 0.364. The summed E-state index contributed by atoms with van der Waals surface area (Å²) in [6.07, 6.45) is 2.72. The summed E-state index contributed by atoms with van der Waals surface area (Å²) in [7, 11) is 0. The zero-order chi connectivity index (χ0) is 11.4. The lowest BCUT2D eigenvalue weighted by Gasteiger charge is -2.09. The molecule has 5 heteroatoms. The molecule has 0 aliphatic rings. The van der Waals surface area contributed by atoms with Crippen LogP contribution in [-0.4, -0.2) is 26.8 Å². The lowest BCUT2D eigenvalue weighted by Crippen LogP contribution is -2.02. The van der Waals surface area contributed by atoms with Crippen molar-refractivity contribution >= 4 is 5.69 Å². The second-order valence-electron chi connectivity index (χ2n) is 3.68. The Kier molecular flexibility index (Phi) is 3.14. The third-order valence-corrected chi connectivity index (χ3v) is 2.37. The molecule has 0 spiro atoms. The van der Waals surface area contributed by atoms with Crippen LogP contribution in [0.3, 0.4) is 0 Å². The Bertz CT molecular complexity index is 449. The van der Waals surface area contributed by atoms with Crippen LogP contribution in [-0.2, 0) is 0 Å². The molecule has 1 aromatic carbocycles. The molecule has 2 aromatic rings. The highest BCUT2D eigenvalue weighted by Crippen LogP contribution is 2.17. The molecule has 0 atom stereocenters. The van der Waals surface area contributed by atoms with E-state index >= 15 is 0 Å². The van der Waals surface area contributed by atoms with Crippen LogP contribution in [0.25, 0.3) is 5.69 Å². The van der Waals surface area contributed by atoms with E-state index in [1.807, 2.05) is 19.1 Å². The van der Waals surface area contributed by atoms with Gasteiger partial charge in [-0.25, -0.2) is 4.68 Å². The molecule has 2 rings (SSSR count). The van der Waals surface area contributed by atoms with Crippen molar-refractivity contribution in [2.45, 2.75) is 20.3 Å². The zero-order valence-corrected chi connectivity index (χ0v) is 9.51. The molecule has 0 amide bonds. The third kappa shape index (κ3) is 2.18. The van der Waals surface area contributed by atoms with Crippen LogP contribution < -0.4 is 5.32 Å². The summed E-state index contributed by atoms with van der Waals surface area (Å²) in [5.74, 6) is 0. The third-order valence-electron chi connectivity index (χ3n) is 2.37. The Morgan fingerprint density at radius 3 is 2.88 bits per heavy atom. The molecule has 0 fully saturated rings. The van der Waals surface area contributed by atoms with Gasteiger partial charge in [-0.15, -0.1) is 5.10 Å². The van der Waals surface area contributed by atoms with Crippen LogP contribution in [0.15, 0.2) is 24.5 Å². The van der Waals surface area contributed by atoms with Crippen molar-refractivity contribution in [3.05, 3.63) is 30.1 Å². The van der Waals surface area contributed by atoms with E-state index in [9.17, 15) is 0 Å². The van der Waals surface area contributed by atoms with E-state index in [4.69, 9.17) is 0 Å². The summed E-state index contributed by atoms with van der Waals surface area (Å²) < 4.78 is 1.67. The van der Waals surface area contributed by atoms with Gasteiger partial charge in [0.15, 0.2) is 0 Å². The molecule has 0 bridgehead atoms. The van der Waals surface area contributed by atoms with Crippen molar-refractivity contribution < 1.29 is 0 Å². The van der Waals surface area contributed by atoms with E-state index < -0.39 is 0 Å². The molecule has 0 radical (unpaired) electrons. The minimum absolute atomic E-state index is 0.990. The minimum atomic E-state index is 0.990. The number of aromatic nitrogens is 4. The summed E-state index contributed by atoms with van der Waals surface area (Å²) in [4.78, 5) is 0. The lowest BCUT2D eigenvalue weighted by atomic mass is 10.2. The van der Waals surface area contributed by atoms with Crippen LogP contribution in [0.4, 0.5) is 5.69 Å². The van der Waals surface area contributed by atoms with Gasteiger partial charge in [-0.2, -0.15) is 0 Å². The topological polar surface area (TPSA) is 55.6 Å². The van der Waals surface area contributed by atoms with Gasteiger partial charge in [0.05, 0.1) is 5.69 Å². The largest absolute Gasteiger partial charge is 0.385 e. The first-order chi connectivity index (χ1) is 7.81. The highest BCUT2D eigenvalue weighted by molar-refractivity contribution is 5.53. The summed E-state index contributed by atoms with van der Waals surface area (Å²) in [5, 5.41) is 14.5. The van der Waals surface area contributed by atoms with Crippen LogP contribution in [0.5, 0.6) is 0 Å². The van der Waals surface area contributed by atoms with Gasteiger partial charge in [0, 0.05) is 12.2 Å². The Morgan fingerprint density at radius 2 is 2.25 bits per heavy atom. The van der Waals surface area contributed by atoms with Gasteiger partial charge in [-0.1, -0.05) is 6.92 Å². The average molecular weight is 217 g/mol. The highest BCUT2D eigenvalue weighted by atomic mass is 15.5. The zero-order valence-electron chi connectivity index (χ0n) is 9.51. The maximum Gasteiger partial charge on any atom is 0.143 e. The van der Waals surface area contributed by atoms with Crippen molar-refractivity contribution in [2.24, 2.45) is 0 Å². The van der Waals surface area contributed by atoms with E-state index in [0.717, 1.165) is 29.9 Å². The standard InChI is InChI=1S/C11H15N5/c1-3-6-12-10-4-5-11(9(2)7-10)16-8-13-14-15-16/h4-5,7-8,12H,3,6H2,1-2H3. The van der Waals surface area contributed by atoms with Crippen LogP contribution in [0, 0.1) is 6.92 Å². The van der Waals surface area contributed by atoms with Crippen molar-refractivity contribution in [3.63, 3.8) is 0 Å². The normalized spacial score (nSPS) is 10.4. The molecule has 0 saturated carbocycles. The van der Waals surface area contributed by atoms with Gasteiger partial charge in [-0.3, -0.25) is 0 Å². The predicted octanol–water partition coefficient (Wildman–Crippen LogP) is 1.79. The van der Waals surface area contributed by atoms with Gasteiger partial charge in [0.25, 0.3) is 0 Å². The summed E-state index contributed by atoms with van der Waals surface area (Å²) in [6.45, 7) is 5.19. The van der Waals surface area contributed by atoms with E-state index in [1.54, 1.807) is 11.0 Å². The predicted molar refractivity (Wildman–Crippen MR) is 62.7 cm³/mol. The molecule has 1 heterocycles. The van der Waals surface area contributed by atoms with E-state index in [2.05, 4.69) is 33.8 Å². The Balaban J connectivity index is 2.23. The summed E-state index contributed by atoms with van der Waals surface area (Å²) in [5.41, 5.74) is 3.29. The number of hydrogen-bond donors (Lipinski definition) is 1. The van der Waals surface area contributed by atoms with Crippen molar-refractivity contribution in [2.75, 3.05) is 11.9 Å². The maximum atomic E-state index is 3.87. The molecule has 16 heavy (non-hydrogen) atoms. The van der Waals surface area contributed by atoms with Crippen molar-refractivity contribution in [1.29, 1.82) is 0 Å². The number of rotatable bonds is 4. The van der Waals surface area contributed by atoms with Gasteiger partial charge in [0.1, 0.15) is 6.33 Å². The van der Waals surface area contributed by atoms with Crippen molar-refractivity contribution in [3.8, 4) is 5.69 Å². The maximum absolute atomic E-state index is 3.87. The second-order valence-corrected chi connectivity index (χ2v) is 3.68. The Morgan fingerprint density at radius 1 is 1.38 bits per heavy atom.